The van der Waals surface area contributed by atoms with Gasteiger partial charge in [0.1, 0.15) is 5.65 Å². The van der Waals surface area contributed by atoms with E-state index < -0.39 is 0 Å². The number of nitrogens with zero attached hydrogens (tertiary/aromatic N) is 5. The first-order valence-electron chi connectivity index (χ1n) is 8.98. The second-order valence-electron chi connectivity index (χ2n) is 6.69. The highest BCUT2D eigenvalue weighted by Crippen LogP contribution is 2.22. The molecular weight excluding hydrogens is 330 g/mol. The van der Waals surface area contributed by atoms with Crippen molar-refractivity contribution in [2.24, 2.45) is 0 Å². The summed E-state index contributed by atoms with van der Waals surface area (Å²) in [5, 5.41) is 4.34. The van der Waals surface area contributed by atoms with E-state index in [9.17, 15) is 4.79 Å². The van der Waals surface area contributed by atoms with Crippen LogP contribution in [0, 0.1) is 6.92 Å². The van der Waals surface area contributed by atoms with Crippen molar-refractivity contribution in [1.82, 2.24) is 24.1 Å². The van der Waals surface area contributed by atoms with E-state index in [4.69, 9.17) is 9.72 Å². The SMILES string of the molecule is CCn1cc(C2CN(Cc3cc(=O)n4cccc(C)c4n3)CCO2)cn1. The quantitative estimate of drug-likeness (QED) is 0.716. The fourth-order valence-corrected chi connectivity index (χ4v) is 3.39. The molecule has 1 unspecified atom stereocenters. The molecule has 1 saturated heterocycles. The Bertz CT molecular complexity index is 977. The van der Waals surface area contributed by atoms with Crippen molar-refractivity contribution >= 4 is 5.65 Å². The third-order valence-corrected chi connectivity index (χ3v) is 4.82. The fourth-order valence-electron chi connectivity index (χ4n) is 3.39. The first-order valence-corrected chi connectivity index (χ1v) is 8.98. The van der Waals surface area contributed by atoms with Crippen LogP contribution in [0.1, 0.15) is 29.8 Å². The third-order valence-electron chi connectivity index (χ3n) is 4.82. The summed E-state index contributed by atoms with van der Waals surface area (Å²) in [5.74, 6) is 0. The smallest absolute Gasteiger partial charge is 0.258 e. The lowest BCUT2D eigenvalue weighted by Crippen LogP contribution is -2.38. The van der Waals surface area contributed by atoms with Crippen molar-refractivity contribution < 1.29 is 4.74 Å². The van der Waals surface area contributed by atoms with Gasteiger partial charge in [-0.2, -0.15) is 5.10 Å². The minimum Gasteiger partial charge on any atom is -0.371 e. The molecule has 26 heavy (non-hydrogen) atoms. The first kappa shape index (κ1) is 16.9. The predicted molar refractivity (Wildman–Crippen MR) is 98.1 cm³/mol. The summed E-state index contributed by atoms with van der Waals surface area (Å²) in [4.78, 5) is 19.4. The maximum absolute atomic E-state index is 12.4. The molecule has 7 nitrogen and oxygen atoms in total. The van der Waals surface area contributed by atoms with Crippen LogP contribution in [-0.4, -0.2) is 43.8 Å². The minimum atomic E-state index is -0.0391. The molecule has 0 radical (unpaired) electrons. The number of ether oxygens (including phenoxy) is 1. The van der Waals surface area contributed by atoms with E-state index in [2.05, 4.69) is 16.9 Å². The van der Waals surface area contributed by atoms with Gasteiger partial charge in [0.05, 0.1) is 24.6 Å². The second-order valence-corrected chi connectivity index (χ2v) is 6.69. The summed E-state index contributed by atoms with van der Waals surface area (Å²) in [6.45, 7) is 7.78. The van der Waals surface area contributed by atoms with Crippen LogP contribution in [0.25, 0.3) is 5.65 Å². The molecule has 136 valence electrons. The summed E-state index contributed by atoms with van der Waals surface area (Å²) >= 11 is 0. The molecule has 0 bridgehead atoms. The highest BCUT2D eigenvalue weighted by molar-refractivity contribution is 5.46. The summed E-state index contributed by atoms with van der Waals surface area (Å²) in [7, 11) is 0. The Labute approximate surface area is 151 Å². The van der Waals surface area contributed by atoms with E-state index in [0.29, 0.717) is 13.2 Å². The lowest BCUT2D eigenvalue weighted by molar-refractivity contribution is -0.0333. The van der Waals surface area contributed by atoms with Crippen molar-refractivity contribution in [1.29, 1.82) is 0 Å². The molecule has 1 aliphatic rings. The van der Waals surface area contributed by atoms with Crippen LogP contribution in [-0.2, 0) is 17.8 Å². The fraction of sp³-hybridized carbons (Fsp3) is 0.421. The van der Waals surface area contributed by atoms with Gasteiger partial charge >= 0.3 is 0 Å². The lowest BCUT2D eigenvalue weighted by Gasteiger charge is -2.32. The van der Waals surface area contributed by atoms with Crippen LogP contribution >= 0.6 is 0 Å². The topological polar surface area (TPSA) is 64.7 Å². The lowest BCUT2D eigenvalue weighted by atomic mass is 10.1. The zero-order valence-electron chi connectivity index (χ0n) is 15.1. The van der Waals surface area contributed by atoms with E-state index in [1.165, 1.54) is 0 Å². The molecule has 0 aliphatic carbocycles. The summed E-state index contributed by atoms with van der Waals surface area (Å²) < 4.78 is 9.43. The van der Waals surface area contributed by atoms with Crippen LogP contribution in [0.3, 0.4) is 0 Å². The maximum atomic E-state index is 12.4. The number of morpholine rings is 1. The van der Waals surface area contributed by atoms with Crippen molar-refractivity contribution in [2.75, 3.05) is 19.7 Å². The van der Waals surface area contributed by atoms with E-state index in [1.807, 2.05) is 36.1 Å². The number of hydrogen-bond donors (Lipinski definition) is 0. The molecule has 3 aromatic heterocycles. The van der Waals surface area contributed by atoms with Gasteiger partial charge in [0.25, 0.3) is 5.56 Å². The summed E-state index contributed by atoms with van der Waals surface area (Å²) in [5.41, 5.74) is 3.58. The highest BCUT2D eigenvalue weighted by Gasteiger charge is 2.23. The molecular formula is C19H23N5O2. The summed E-state index contributed by atoms with van der Waals surface area (Å²) in [6, 6.07) is 5.47. The second kappa shape index (κ2) is 7.01. The normalized spacial score (nSPS) is 18.5. The highest BCUT2D eigenvalue weighted by atomic mass is 16.5. The van der Waals surface area contributed by atoms with Gasteiger partial charge in [-0.15, -0.1) is 0 Å². The number of fused-ring (bicyclic) bond motifs is 1. The van der Waals surface area contributed by atoms with Crippen molar-refractivity contribution in [3.63, 3.8) is 0 Å². The standard InChI is InChI=1S/C19H23N5O2/c1-3-23-11-15(10-20-23)17-13-22(7-8-26-17)12-16-9-18(25)24-6-4-5-14(2)19(24)21-16/h4-6,9-11,17H,3,7-8,12-13H2,1-2H3. The van der Waals surface area contributed by atoms with Crippen LogP contribution in [0.4, 0.5) is 0 Å². The zero-order chi connectivity index (χ0) is 18.1. The van der Waals surface area contributed by atoms with Gasteiger partial charge in [-0.3, -0.25) is 18.8 Å². The van der Waals surface area contributed by atoms with E-state index >= 15 is 0 Å². The molecule has 0 amide bonds. The largest absolute Gasteiger partial charge is 0.371 e. The summed E-state index contributed by atoms with van der Waals surface area (Å²) in [6.07, 6.45) is 5.68. The number of hydrogen-bond acceptors (Lipinski definition) is 5. The zero-order valence-corrected chi connectivity index (χ0v) is 15.1. The molecule has 0 N–H and O–H groups in total. The Morgan fingerprint density at radius 1 is 1.38 bits per heavy atom. The molecule has 0 aromatic carbocycles. The van der Waals surface area contributed by atoms with E-state index in [1.54, 1.807) is 16.7 Å². The minimum absolute atomic E-state index is 0.00680. The number of aromatic nitrogens is 4. The first-order chi connectivity index (χ1) is 12.6. The Balaban J connectivity index is 1.54. The van der Waals surface area contributed by atoms with Gasteiger partial charge in [0.2, 0.25) is 0 Å². The van der Waals surface area contributed by atoms with E-state index in [0.717, 1.165) is 42.1 Å². The number of pyridine rings is 1. The van der Waals surface area contributed by atoms with Crippen LogP contribution in [0.15, 0.2) is 41.6 Å². The third kappa shape index (κ3) is 3.27. The van der Waals surface area contributed by atoms with Crippen molar-refractivity contribution in [2.45, 2.75) is 33.0 Å². The molecule has 1 atom stereocenters. The van der Waals surface area contributed by atoms with Gasteiger partial charge in [0.15, 0.2) is 0 Å². The van der Waals surface area contributed by atoms with Gasteiger partial charge in [-0.1, -0.05) is 6.07 Å². The molecule has 4 heterocycles. The molecule has 0 spiro atoms. The van der Waals surface area contributed by atoms with Crippen LogP contribution < -0.4 is 5.56 Å². The number of aryl methyl sites for hydroxylation is 2. The predicted octanol–water partition coefficient (Wildman–Crippen LogP) is 1.79. The maximum Gasteiger partial charge on any atom is 0.258 e. The molecule has 4 rings (SSSR count). The van der Waals surface area contributed by atoms with Gasteiger partial charge in [-0.25, -0.2) is 4.98 Å². The molecule has 7 heteroatoms. The van der Waals surface area contributed by atoms with Crippen LogP contribution in [0.5, 0.6) is 0 Å². The van der Waals surface area contributed by atoms with Gasteiger partial charge < -0.3 is 4.74 Å². The molecule has 1 fully saturated rings. The Kier molecular flexibility index (Phi) is 4.57. The molecule has 0 saturated carbocycles. The van der Waals surface area contributed by atoms with Gasteiger partial charge in [0, 0.05) is 50.2 Å². The van der Waals surface area contributed by atoms with Crippen molar-refractivity contribution in [3.05, 3.63) is 64.0 Å². The Morgan fingerprint density at radius 3 is 3.08 bits per heavy atom. The Morgan fingerprint density at radius 2 is 2.27 bits per heavy atom. The Hall–Kier alpha value is -2.51. The average molecular weight is 353 g/mol. The van der Waals surface area contributed by atoms with E-state index in [-0.39, 0.29) is 11.7 Å². The monoisotopic (exact) mass is 353 g/mol. The molecule has 1 aliphatic heterocycles. The van der Waals surface area contributed by atoms with Crippen molar-refractivity contribution in [3.8, 4) is 0 Å². The van der Waals surface area contributed by atoms with Crippen LogP contribution in [0.2, 0.25) is 0 Å². The number of rotatable bonds is 4. The molecule has 3 aromatic rings. The average Bonchev–Trinajstić information content (AvgIpc) is 3.12. The van der Waals surface area contributed by atoms with Gasteiger partial charge in [-0.05, 0) is 25.5 Å².